The predicted molar refractivity (Wildman–Crippen MR) is 168 cm³/mol. The van der Waals surface area contributed by atoms with Gasteiger partial charge < -0.3 is 10.2 Å². The Balaban J connectivity index is 1.17. The van der Waals surface area contributed by atoms with Crippen molar-refractivity contribution in [2.75, 3.05) is 31.5 Å². The number of hydrogen-bond donors (Lipinski definition) is 2. The van der Waals surface area contributed by atoms with E-state index in [4.69, 9.17) is 0 Å². The van der Waals surface area contributed by atoms with Crippen LogP contribution < -0.4 is 10.7 Å². The molecule has 0 bridgehead atoms. The number of nitrogens with one attached hydrogen (secondary N) is 2. The summed E-state index contributed by atoms with van der Waals surface area (Å²) in [5.41, 5.74) is 9.00. The third kappa shape index (κ3) is 7.50. The number of hydrazone groups is 1. The third-order valence-corrected chi connectivity index (χ3v) is 9.49. The van der Waals surface area contributed by atoms with Crippen LogP contribution in [-0.4, -0.2) is 60.0 Å². The van der Waals surface area contributed by atoms with Crippen molar-refractivity contribution in [3.8, 4) is 0 Å². The topological polar surface area (TPSA) is 77.0 Å². The Kier molecular flexibility index (Phi) is 9.64. The zero-order chi connectivity index (χ0) is 28.8. The van der Waals surface area contributed by atoms with Crippen LogP contribution in [0, 0.1) is 20.8 Å². The lowest BCUT2D eigenvalue weighted by Gasteiger charge is -2.40. The highest BCUT2D eigenvalue weighted by Gasteiger charge is 2.26. The van der Waals surface area contributed by atoms with Crippen LogP contribution >= 0.6 is 11.3 Å². The van der Waals surface area contributed by atoms with Crippen molar-refractivity contribution < 1.29 is 9.59 Å². The van der Waals surface area contributed by atoms with Gasteiger partial charge >= 0.3 is 0 Å². The van der Waals surface area contributed by atoms with Crippen LogP contribution in [0.5, 0.6) is 0 Å². The van der Waals surface area contributed by atoms with Gasteiger partial charge in [-0.15, -0.1) is 11.3 Å². The van der Waals surface area contributed by atoms with E-state index in [2.05, 4.69) is 38.6 Å². The quantitative estimate of drug-likeness (QED) is 0.252. The highest BCUT2D eigenvalue weighted by molar-refractivity contribution is 7.13. The molecule has 2 amide bonds. The molecule has 8 heteroatoms. The van der Waals surface area contributed by atoms with Crippen LogP contribution in [0.1, 0.15) is 80.0 Å². The lowest BCUT2D eigenvalue weighted by Crippen LogP contribution is -2.46. The largest absolute Gasteiger partial charge is 0.320 e. The van der Waals surface area contributed by atoms with Gasteiger partial charge in [0.05, 0.1) is 11.9 Å². The molecule has 0 radical (unpaired) electrons. The molecule has 0 aliphatic carbocycles. The van der Waals surface area contributed by atoms with E-state index >= 15 is 0 Å². The van der Waals surface area contributed by atoms with Crippen LogP contribution in [0.3, 0.4) is 0 Å². The van der Waals surface area contributed by atoms with Crippen molar-refractivity contribution in [2.24, 2.45) is 5.10 Å². The van der Waals surface area contributed by atoms with Crippen LogP contribution in [0.15, 0.2) is 52.9 Å². The Morgan fingerprint density at radius 2 is 1.71 bits per heavy atom. The molecule has 3 aromatic rings. The molecule has 2 N–H and O–H groups in total. The van der Waals surface area contributed by atoms with Gasteiger partial charge in [-0.2, -0.15) is 5.10 Å². The number of piperidine rings is 2. The summed E-state index contributed by atoms with van der Waals surface area (Å²) in [6.45, 7) is 11.5. The predicted octanol–water partition coefficient (Wildman–Crippen LogP) is 6.14. The molecular weight excluding hydrogens is 530 g/mol. The van der Waals surface area contributed by atoms with Gasteiger partial charge in [0.2, 0.25) is 0 Å². The minimum Gasteiger partial charge on any atom is -0.320 e. The van der Waals surface area contributed by atoms with E-state index < -0.39 is 0 Å². The monoisotopic (exact) mass is 571 g/mol. The van der Waals surface area contributed by atoms with Crippen molar-refractivity contribution in [3.05, 3.63) is 86.1 Å². The average molecular weight is 572 g/mol. The summed E-state index contributed by atoms with van der Waals surface area (Å²) in [7, 11) is 0. The first-order valence-electron chi connectivity index (χ1n) is 14.7. The van der Waals surface area contributed by atoms with Gasteiger partial charge in [-0.3, -0.25) is 14.5 Å². The molecular formula is C33H41N5O2S. The number of aryl methyl sites for hydroxylation is 3. The van der Waals surface area contributed by atoms with Gasteiger partial charge in [-0.25, -0.2) is 5.43 Å². The number of hydrogen-bond acceptors (Lipinski definition) is 6. The van der Waals surface area contributed by atoms with Crippen molar-refractivity contribution in [2.45, 2.75) is 65.5 Å². The Bertz CT molecular complexity index is 1400. The van der Waals surface area contributed by atoms with E-state index in [9.17, 15) is 9.59 Å². The standard InChI is InChI=1S/C33H41N5O2S/c1-23-10-11-26(18-24(23)2)20-34-36-33(40)31-30(25(3)22-41-31)35-32(39)28-9-7-8-27(19-28)21-37-16-12-29(13-17-37)38-14-5-4-6-15-38/h7-11,18-20,22,29H,4-6,12-17,21H2,1-3H3,(H,35,39)(H,36,40). The number of carbonyl (C=O) groups is 2. The number of benzene rings is 2. The second-order valence-corrected chi connectivity index (χ2v) is 12.3. The molecule has 0 spiro atoms. The number of amides is 2. The lowest BCUT2D eigenvalue weighted by molar-refractivity contribution is 0.0896. The highest BCUT2D eigenvalue weighted by atomic mass is 32.1. The van der Waals surface area contributed by atoms with Gasteiger partial charge in [-0.1, -0.05) is 36.8 Å². The molecule has 2 aliphatic heterocycles. The molecule has 0 unspecified atom stereocenters. The molecule has 2 aliphatic rings. The smallest absolute Gasteiger partial charge is 0.283 e. The van der Waals surface area contributed by atoms with E-state index in [-0.39, 0.29) is 11.8 Å². The van der Waals surface area contributed by atoms with E-state index in [1.807, 2.05) is 55.6 Å². The van der Waals surface area contributed by atoms with E-state index in [0.29, 0.717) is 16.1 Å². The van der Waals surface area contributed by atoms with Gasteiger partial charge in [0, 0.05) is 18.2 Å². The molecule has 0 atom stereocenters. The zero-order valence-electron chi connectivity index (χ0n) is 24.4. The van der Waals surface area contributed by atoms with Crippen LogP contribution in [-0.2, 0) is 6.54 Å². The minimum absolute atomic E-state index is 0.218. The Morgan fingerprint density at radius 1 is 0.927 bits per heavy atom. The molecule has 1 aromatic heterocycles. The number of thiophene rings is 1. The van der Waals surface area contributed by atoms with Crippen molar-refractivity contribution in [3.63, 3.8) is 0 Å². The summed E-state index contributed by atoms with van der Waals surface area (Å²) < 4.78 is 0. The van der Waals surface area contributed by atoms with Crippen LogP contribution in [0.4, 0.5) is 5.69 Å². The summed E-state index contributed by atoms with van der Waals surface area (Å²) >= 11 is 1.30. The number of likely N-dealkylation sites (tertiary alicyclic amines) is 2. The zero-order valence-corrected chi connectivity index (χ0v) is 25.2. The molecule has 41 heavy (non-hydrogen) atoms. The van der Waals surface area contributed by atoms with Gasteiger partial charge in [0.15, 0.2) is 0 Å². The number of anilines is 1. The molecule has 2 fully saturated rings. The van der Waals surface area contributed by atoms with Gasteiger partial charge in [0.25, 0.3) is 11.8 Å². The molecule has 2 saturated heterocycles. The second kappa shape index (κ2) is 13.6. The van der Waals surface area contributed by atoms with Crippen molar-refractivity contribution >= 4 is 35.1 Å². The first kappa shape index (κ1) is 29.2. The summed E-state index contributed by atoms with van der Waals surface area (Å²) in [5.74, 6) is -0.565. The molecule has 0 saturated carbocycles. The maximum atomic E-state index is 13.3. The summed E-state index contributed by atoms with van der Waals surface area (Å²) in [4.78, 5) is 31.8. The fourth-order valence-electron chi connectivity index (χ4n) is 5.81. The Hall–Kier alpha value is -3.33. The fourth-order valence-corrected chi connectivity index (χ4v) is 6.70. The number of carbonyl (C=O) groups excluding carboxylic acids is 2. The first-order valence-corrected chi connectivity index (χ1v) is 15.6. The second-order valence-electron chi connectivity index (χ2n) is 11.4. The molecule has 216 valence electrons. The summed E-state index contributed by atoms with van der Waals surface area (Å²) in [5, 5.41) is 9.00. The van der Waals surface area contributed by atoms with E-state index in [1.54, 1.807) is 6.21 Å². The van der Waals surface area contributed by atoms with Gasteiger partial charge in [-0.05, 0) is 118 Å². The molecule has 7 nitrogen and oxygen atoms in total. The molecule has 5 rings (SSSR count). The molecule has 3 heterocycles. The lowest BCUT2D eigenvalue weighted by atomic mass is 9.99. The first-order chi connectivity index (χ1) is 19.9. The maximum absolute atomic E-state index is 13.3. The van der Waals surface area contributed by atoms with E-state index in [0.717, 1.165) is 42.4 Å². The number of nitrogens with zero attached hydrogens (tertiary/aromatic N) is 3. The normalized spacial score (nSPS) is 17.1. The third-order valence-electron chi connectivity index (χ3n) is 8.39. The van der Waals surface area contributed by atoms with Crippen molar-refractivity contribution in [1.29, 1.82) is 0 Å². The van der Waals surface area contributed by atoms with Gasteiger partial charge in [0.1, 0.15) is 4.88 Å². The van der Waals surface area contributed by atoms with Crippen LogP contribution in [0.2, 0.25) is 0 Å². The maximum Gasteiger partial charge on any atom is 0.283 e. The van der Waals surface area contributed by atoms with E-state index in [1.165, 1.54) is 67.7 Å². The van der Waals surface area contributed by atoms with Crippen LogP contribution in [0.25, 0.3) is 0 Å². The minimum atomic E-state index is -0.347. The molecule has 2 aromatic carbocycles. The highest BCUT2D eigenvalue weighted by Crippen LogP contribution is 2.28. The fraction of sp³-hybridized carbons (Fsp3) is 0.424. The summed E-state index contributed by atoms with van der Waals surface area (Å²) in [6.07, 6.45) is 8.13. The Morgan fingerprint density at radius 3 is 2.46 bits per heavy atom. The number of rotatable bonds is 8. The Labute approximate surface area is 247 Å². The SMILES string of the molecule is Cc1ccc(C=NNC(=O)c2scc(C)c2NC(=O)c2cccc(CN3CCC(N4CCCCC4)CC3)c2)cc1C. The summed E-state index contributed by atoms with van der Waals surface area (Å²) in [6, 6.07) is 14.6. The van der Waals surface area contributed by atoms with Crippen molar-refractivity contribution in [1.82, 2.24) is 15.2 Å². The average Bonchev–Trinajstić information content (AvgIpc) is 3.35.